The van der Waals surface area contributed by atoms with Gasteiger partial charge in [-0.25, -0.2) is 4.39 Å². The first-order chi connectivity index (χ1) is 14.0. The average Bonchev–Trinajstić information content (AvgIpc) is 2.73. The summed E-state index contributed by atoms with van der Waals surface area (Å²) in [6, 6.07) is 15.9. The molecule has 152 valence electrons. The normalized spacial score (nSPS) is 18.8. The zero-order valence-corrected chi connectivity index (χ0v) is 17.1. The Kier molecular flexibility index (Phi) is 7.59. The maximum absolute atomic E-state index is 13.2. The van der Waals surface area contributed by atoms with E-state index in [1.807, 2.05) is 12.1 Å². The van der Waals surface area contributed by atoms with Crippen LogP contribution in [0.1, 0.15) is 12.0 Å². The van der Waals surface area contributed by atoms with Crippen molar-refractivity contribution < 1.29 is 19.0 Å². The predicted molar refractivity (Wildman–Crippen MR) is 110 cm³/mol. The molecule has 0 unspecified atom stereocenters. The molecule has 0 radical (unpaired) electrons. The van der Waals surface area contributed by atoms with Crippen LogP contribution >= 0.6 is 11.6 Å². The average molecular weight is 417 g/mol. The van der Waals surface area contributed by atoms with Gasteiger partial charge in [0.2, 0.25) is 0 Å². The topological polar surface area (TPSA) is 53.0 Å². The summed E-state index contributed by atoms with van der Waals surface area (Å²) in [6.45, 7) is 5.51. The van der Waals surface area contributed by atoms with E-state index in [4.69, 9.17) is 16.9 Å². The summed E-state index contributed by atoms with van der Waals surface area (Å²) in [5.41, 5.74) is 1.90. The molecule has 1 aliphatic heterocycles. The minimum absolute atomic E-state index is 0.0250. The number of carbonyl (C=O) groups is 1. The zero-order valence-electron chi connectivity index (χ0n) is 16.3. The van der Waals surface area contributed by atoms with Crippen molar-refractivity contribution in [2.24, 2.45) is 0 Å². The van der Waals surface area contributed by atoms with Gasteiger partial charge in [0.15, 0.2) is 6.54 Å². The minimum Gasteiger partial charge on any atom is -0.322 e. The van der Waals surface area contributed by atoms with E-state index in [-0.39, 0.29) is 18.1 Å². The molecule has 2 aromatic carbocycles. The number of hydrogen-bond donors (Lipinski definition) is 2. The van der Waals surface area contributed by atoms with Gasteiger partial charge < -0.3 is 14.7 Å². The van der Waals surface area contributed by atoms with Crippen LogP contribution < -0.4 is 14.7 Å². The molecule has 1 fully saturated rings. The molecule has 0 aromatic heterocycles. The van der Waals surface area contributed by atoms with Crippen molar-refractivity contribution in [1.29, 1.82) is 5.26 Å². The van der Waals surface area contributed by atoms with Crippen LogP contribution in [0.4, 0.5) is 10.1 Å². The van der Waals surface area contributed by atoms with Crippen LogP contribution in [0.15, 0.2) is 48.5 Å². The first-order valence-electron chi connectivity index (χ1n) is 9.89. The molecule has 0 saturated carbocycles. The molecule has 0 spiro atoms. The number of quaternary nitrogens is 2. The number of benzene rings is 2. The standard InChI is InChI=1S/C22H24ClFN4O/c23-19-4-2-18(3-5-19)16-26-12-14-27(15-13-26)17-22(29)28(11-1-10-25)21-8-6-20(24)7-9-21/h2-9H,1,11-17H2/p+2. The van der Waals surface area contributed by atoms with Crippen molar-refractivity contribution in [2.45, 2.75) is 13.0 Å². The Morgan fingerprint density at radius 2 is 1.66 bits per heavy atom. The molecule has 2 N–H and O–H groups in total. The lowest BCUT2D eigenvalue weighted by Gasteiger charge is -2.31. The van der Waals surface area contributed by atoms with Gasteiger partial charge in [0.05, 0.1) is 12.5 Å². The Hall–Kier alpha value is -2.46. The third-order valence-electron chi connectivity index (χ3n) is 5.32. The molecular weight excluding hydrogens is 391 g/mol. The number of nitrogens with zero attached hydrogens (tertiary/aromatic N) is 2. The monoisotopic (exact) mass is 416 g/mol. The fourth-order valence-electron chi connectivity index (χ4n) is 3.69. The Morgan fingerprint density at radius 3 is 2.28 bits per heavy atom. The number of nitriles is 1. The number of rotatable bonds is 7. The largest absolute Gasteiger partial charge is 0.322 e. The highest BCUT2D eigenvalue weighted by Crippen LogP contribution is 2.15. The summed E-state index contributed by atoms with van der Waals surface area (Å²) in [5, 5.41) is 9.66. The highest BCUT2D eigenvalue weighted by molar-refractivity contribution is 6.30. The third-order valence-corrected chi connectivity index (χ3v) is 5.57. The Balaban J connectivity index is 1.53. The van der Waals surface area contributed by atoms with E-state index in [1.165, 1.54) is 27.5 Å². The lowest BCUT2D eigenvalue weighted by Crippen LogP contribution is -3.28. The lowest BCUT2D eigenvalue weighted by molar-refractivity contribution is -1.02. The van der Waals surface area contributed by atoms with E-state index < -0.39 is 0 Å². The van der Waals surface area contributed by atoms with Gasteiger partial charge in [-0.15, -0.1) is 0 Å². The van der Waals surface area contributed by atoms with Crippen LogP contribution in [0.25, 0.3) is 0 Å². The van der Waals surface area contributed by atoms with Crippen molar-refractivity contribution in [3.8, 4) is 6.07 Å². The van der Waals surface area contributed by atoms with Gasteiger partial charge in [0.25, 0.3) is 5.91 Å². The third kappa shape index (κ3) is 6.26. The van der Waals surface area contributed by atoms with Crippen molar-refractivity contribution >= 4 is 23.2 Å². The fourth-order valence-corrected chi connectivity index (χ4v) is 3.82. The summed E-state index contributed by atoms with van der Waals surface area (Å²) >= 11 is 5.95. The van der Waals surface area contributed by atoms with Gasteiger partial charge in [-0.3, -0.25) is 4.79 Å². The van der Waals surface area contributed by atoms with E-state index in [0.717, 1.165) is 37.7 Å². The van der Waals surface area contributed by atoms with Crippen molar-refractivity contribution in [1.82, 2.24) is 0 Å². The Morgan fingerprint density at radius 1 is 1.03 bits per heavy atom. The quantitative estimate of drug-likeness (QED) is 0.698. The van der Waals surface area contributed by atoms with Gasteiger partial charge in [-0.05, 0) is 36.4 Å². The summed E-state index contributed by atoms with van der Waals surface area (Å²) in [6.07, 6.45) is 0.247. The van der Waals surface area contributed by atoms with Crippen molar-refractivity contribution in [2.75, 3.05) is 44.2 Å². The molecule has 7 heteroatoms. The van der Waals surface area contributed by atoms with Crippen LogP contribution in [0, 0.1) is 17.1 Å². The smallest absolute Gasteiger partial charge is 0.282 e. The molecule has 1 saturated heterocycles. The van der Waals surface area contributed by atoms with Crippen molar-refractivity contribution in [3.63, 3.8) is 0 Å². The van der Waals surface area contributed by atoms with Gasteiger partial charge in [0.1, 0.15) is 38.5 Å². The van der Waals surface area contributed by atoms with Gasteiger partial charge in [-0.1, -0.05) is 23.7 Å². The molecule has 1 amide bonds. The molecule has 1 aliphatic rings. The molecule has 3 rings (SSSR count). The molecular formula is C22H26ClFN4O+2. The van der Waals surface area contributed by atoms with Crippen LogP contribution in [-0.2, 0) is 11.3 Å². The van der Waals surface area contributed by atoms with Crippen molar-refractivity contribution in [3.05, 3.63) is 64.9 Å². The predicted octanol–water partition coefficient (Wildman–Crippen LogP) is 0.709. The second-order valence-electron chi connectivity index (χ2n) is 7.41. The lowest BCUT2D eigenvalue weighted by atomic mass is 10.2. The highest BCUT2D eigenvalue weighted by Gasteiger charge is 2.27. The number of piperazine rings is 1. The van der Waals surface area contributed by atoms with Gasteiger partial charge in [0, 0.05) is 22.8 Å². The van der Waals surface area contributed by atoms with E-state index >= 15 is 0 Å². The number of carbonyl (C=O) groups excluding carboxylic acids is 1. The number of halogens is 2. The molecule has 2 aromatic rings. The summed E-state index contributed by atoms with van der Waals surface area (Å²) < 4.78 is 13.2. The first kappa shape index (κ1) is 21.3. The van der Waals surface area contributed by atoms with E-state index in [2.05, 4.69) is 18.2 Å². The second-order valence-corrected chi connectivity index (χ2v) is 7.85. The second kappa shape index (κ2) is 10.4. The minimum atomic E-state index is -0.341. The summed E-state index contributed by atoms with van der Waals surface area (Å²) in [4.78, 5) is 17.2. The number of anilines is 1. The van der Waals surface area contributed by atoms with Crippen LogP contribution in [-0.4, -0.2) is 45.2 Å². The van der Waals surface area contributed by atoms with Crippen LogP contribution in [0.5, 0.6) is 0 Å². The van der Waals surface area contributed by atoms with E-state index in [1.54, 1.807) is 17.0 Å². The van der Waals surface area contributed by atoms with Crippen LogP contribution in [0.3, 0.4) is 0 Å². The van der Waals surface area contributed by atoms with Gasteiger partial charge in [-0.2, -0.15) is 5.26 Å². The van der Waals surface area contributed by atoms with Gasteiger partial charge >= 0.3 is 0 Å². The molecule has 29 heavy (non-hydrogen) atoms. The SMILES string of the molecule is N#CCCN(C(=O)C[NH+]1CC[NH+](Cc2ccc(Cl)cc2)CC1)c1ccc(F)cc1. The summed E-state index contributed by atoms with van der Waals surface area (Å²) in [7, 11) is 0. The highest BCUT2D eigenvalue weighted by atomic mass is 35.5. The molecule has 1 heterocycles. The van der Waals surface area contributed by atoms with E-state index in [0.29, 0.717) is 18.8 Å². The number of nitrogens with one attached hydrogen (secondary N) is 2. The summed E-state index contributed by atoms with van der Waals surface area (Å²) in [5.74, 6) is -0.366. The molecule has 5 nitrogen and oxygen atoms in total. The van der Waals surface area contributed by atoms with Crippen LogP contribution in [0.2, 0.25) is 5.02 Å². The maximum atomic E-state index is 13.2. The number of hydrogen-bond acceptors (Lipinski definition) is 2. The molecule has 0 atom stereocenters. The maximum Gasteiger partial charge on any atom is 0.282 e. The number of amides is 1. The fraction of sp³-hybridized carbons (Fsp3) is 0.364. The van der Waals surface area contributed by atoms with E-state index in [9.17, 15) is 9.18 Å². The Bertz CT molecular complexity index is 843. The Labute approximate surface area is 175 Å². The molecule has 0 aliphatic carbocycles. The first-order valence-corrected chi connectivity index (χ1v) is 10.3. The molecule has 0 bridgehead atoms. The zero-order chi connectivity index (χ0) is 20.6.